The molecule has 2 rings (SSSR count). The molecule has 2 nitrogen and oxygen atoms in total. The topological polar surface area (TPSA) is 21.3 Å². The normalized spacial score (nSPS) is 17.9. The van der Waals surface area contributed by atoms with Crippen LogP contribution >= 0.6 is 0 Å². The summed E-state index contributed by atoms with van der Waals surface area (Å²) in [4.78, 5) is 0. The van der Waals surface area contributed by atoms with Gasteiger partial charge in [-0.3, -0.25) is 0 Å². The minimum absolute atomic E-state index is 0.440. The van der Waals surface area contributed by atoms with Crippen LogP contribution < -0.4 is 10.1 Å². The monoisotopic (exact) mass is 247 g/mol. The van der Waals surface area contributed by atoms with Gasteiger partial charge in [-0.25, -0.2) is 0 Å². The fourth-order valence-corrected chi connectivity index (χ4v) is 2.38. The minimum atomic E-state index is 0.440. The molecule has 0 spiro atoms. The summed E-state index contributed by atoms with van der Waals surface area (Å²) in [5.74, 6) is 1.07. The fourth-order valence-electron chi connectivity index (χ4n) is 2.38. The van der Waals surface area contributed by atoms with Crippen molar-refractivity contribution in [1.29, 1.82) is 0 Å². The van der Waals surface area contributed by atoms with E-state index in [9.17, 15) is 0 Å². The molecule has 1 aromatic rings. The summed E-state index contributed by atoms with van der Waals surface area (Å²) in [6, 6.07) is 8.99. The molecule has 1 aliphatic carbocycles. The second-order valence-corrected chi connectivity index (χ2v) is 5.32. The Labute approximate surface area is 111 Å². The van der Waals surface area contributed by atoms with Crippen molar-refractivity contribution in [3.63, 3.8) is 0 Å². The molecule has 0 bridgehead atoms. The first-order valence-corrected chi connectivity index (χ1v) is 7.27. The number of benzene rings is 1. The molecular weight excluding hydrogens is 222 g/mol. The van der Waals surface area contributed by atoms with Crippen LogP contribution in [0.1, 0.15) is 51.5 Å². The molecule has 0 unspecified atom stereocenters. The van der Waals surface area contributed by atoms with E-state index in [1.807, 2.05) is 0 Å². The molecule has 0 amide bonds. The highest BCUT2D eigenvalue weighted by atomic mass is 16.5. The number of ether oxygens (including phenoxy) is 1. The summed E-state index contributed by atoms with van der Waals surface area (Å²) in [6.07, 6.45) is 6.66. The van der Waals surface area contributed by atoms with Crippen molar-refractivity contribution < 1.29 is 4.74 Å². The van der Waals surface area contributed by atoms with Gasteiger partial charge in [-0.15, -0.1) is 0 Å². The first kappa shape index (κ1) is 13.4. The third kappa shape index (κ3) is 3.74. The Hall–Kier alpha value is -1.02. The highest BCUT2D eigenvalue weighted by Gasteiger charge is 2.17. The van der Waals surface area contributed by atoms with Crippen LogP contribution in [0.5, 0.6) is 5.75 Å². The number of para-hydroxylation sites is 1. The van der Waals surface area contributed by atoms with Crippen LogP contribution in [0.3, 0.4) is 0 Å². The number of hydrogen-bond acceptors (Lipinski definition) is 2. The van der Waals surface area contributed by atoms with E-state index in [0.717, 1.165) is 18.7 Å². The van der Waals surface area contributed by atoms with Gasteiger partial charge in [0.05, 0.1) is 6.10 Å². The molecule has 18 heavy (non-hydrogen) atoms. The van der Waals surface area contributed by atoms with Gasteiger partial charge in [0, 0.05) is 18.2 Å². The Morgan fingerprint density at radius 3 is 2.72 bits per heavy atom. The standard InChI is InChI=1S/C16H25NO/c1-3-13(2)17-12-14-8-4-7-11-16(14)18-15-9-5-6-10-15/h4,7-8,11,13,15,17H,3,5-6,9-10,12H2,1-2H3/t13-/m1/s1. The van der Waals surface area contributed by atoms with E-state index in [-0.39, 0.29) is 0 Å². The van der Waals surface area contributed by atoms with Gasteiger partial charge >= 0.3 is 0 Å². The Kier molecular flexibility index (Phi) is 5.06. The maximum absolute atomic E-state index is 6.13. The molecule has 1 aromatic carbocycles. The molecule has 0 radical (unpaired) electrons. The summed E-state index contributed by atoms with van der Waals surface area (Å²) < 4.78 is 6.13. The molecule has 0 saturated heterocycles. The lowest BCUT2D eigenvalue weighted by atomic mass is 10.1. The van der Waals surface area contributed by atoms with Gasteiger partial charge in [-0.05, 0) is 45.1 Å². The van der Waals surface area contributed by atoms with Crippen LogP contribution in [0.2, 0.25) is 0 Å². The molecule has 1 saturated carbocycles. The van der Waals surface area contributed by atoms with Gasteiger partial charge < -0.3 is 10.1 Å². The Morgan fingerprint density at radius 2 is 2.00 bits per heavy atom. The summed E-state index contributed by atoms with van der Waals surface area (Å²) in [7, 11) is 0. The first-order valence-electron chi connectivity index (χ1n) is 7.27. The number of nitrogens with one attached hydrogen (secondary N) is 1. The van der Waals surface area contributed by atoms with Gasteiger partial charge in [0.1, 0.15) is 5.75 Å². The van der Waals surface area contributed by atoms with E-state index in [1.54, 1.807) is 0 Å². The smallest absolute Gasteiger partial charge is 0.124 e. The summed E-state index contributed by atoms with van der Waals surface area (Å²) in [5.41, 5.74) is 1.28. The predicted octanol–water partition coefficient (Wildman–Crippen LogP) is 3.90. The van der Waals surface area contributed by atoms with Crippen molar-refractivity contribution in [1.82, 2.24) is 5.32 Å². The van der Waals surface area contributed by atoms with Crippen LogP contribution in [0.15, 0.2) is 24.3 Å². The van der Waals surface area contributed by atoms with Gasteiger partial charge in [-0.2, -0.15) is 0 Å². The van der Waals surface area contributed by atoms with E-state index in [2.05, 4.69) is 43.4 Å². The highest BCUT2D eigenvalue weighted by molar-refractivity contribution is 5.33. The molecule has 1 atom stereocenters. The third-order valence-electron chi connectivity index (χ3n) is 3.82. The fraction of sp³-hybridized carbons (Fsp3) is 0.625. The Balaban J connectivity index is 1.95. The maximum Gasteiger partial charge on any atom is 0.124 e. The van der Waals surface area contributed by atoms with Crippen LogP contribution in [-0.2, 0) is 6.54 Å². The largest absolute Gasteiger partial charge is 0.490 e. The van der Waals surface area contributed by atoms with Crippen LogP contribution in [0.25, 0.3) is 0 Å². The first-order chi connectivity index (χ1) is 8.79. The van der Waals surface area contributed by atoms with Gasteiger partial charge in [0.15, 0.2) is 0 Å². The van der Waals surface area contributed by atoms with Gasteiger partial charge in [-0.1, -0.05) is 25.1 Å². The lowest BCUT2D eigenvalue weighted by molar-refractivity contribution is 0.207. The predicted molar refractivity (Wildman–Crippen MR) is 75.9 cm³/mol. The zero-order valence-corrected chi connectivity index (χ0v) is 11.6. The zero-order chi connectivity index (χ0) is 12.8. The second-order valence-electron chi connectivity index (χ2n) is 5.32. The summed E-state index contributed by atoms with van der Waals surface area (Å²) >= 11 is 0. The Morgan fingerprint density at radius 1 is 1.28 bits per heavy atom. The van der Waals surface area contributed by atoms with E-state index >= 15 is 0 Å². The van der Waals surface area contributed by atoms with Crippen LogP contribution in [0, 0.1) is 0 Å². The van der Waals surface area contributed by atoms with Gasteiger partial charge in [0.25, 0.3) is 0 Å². The van der Waals surface area contributed by atoms with E-state index in [4.69, 9.17) is 4.74 Å². The number of rotatable bonds is 6. The van der Waals surface area contributed by atoms with Crippen molar-refractivity contribution in [3.8, 4) is 5.75 Å². The van der Waals surface area contributed by atoms with Crippen molar-refractivity contribution in [2.45, 2.75) is 64.6 Å². The average molecular weight is 247 g/mol. The molecule has 100 valence electrons. The lowest BCUT2D eigenvalue weighted by Gasteiger charge is -2.18. The van der Waals surface area contributed by atoms with Crippen molar-refractivity contribution in [2.24, 2.45) is 0 Å². The molecule has 2 heteroatoms. The lowest BCUT2D eigenvalue weighted by Crippen LogP contribution is -2.25. The number of hydrogen-bond donors (Lipinski definition) is 1. The molecule has 1 aliphatic rings. The molecule has 0 heterocycles. The molecule has 0 aliphatic heterocycles. The molecule has 0 aromatic heterocycles. The van der Waals surface area contributed by atoms with Crippen LogP contribution in [-0.4, -0.2) is 12.1 Å². The molecular formula is C16H25NO. The van der Waals surface area contributed by atoms with E-state index in [0.29, 0.717) is 12.1 Å². The second kappa shape index (κ2) is 6.79. The maximum atomic E-state index is 6.13. The van der Waals surface area contributed by atoms with E-state index < -0.39 is 0 Å². The van der Waals surface area contributed by atoms with Crippen LogP contribution in [0.4, 0.5) is 0 Å². The third-order valence-corrected chi connectivity index (χ3v) is 3.82. The van der Waals surface area contributed by atoms with Gasteiger partial charge in [0.2, 0.25) is 0 Å². The molecule has 1 fully saturated rings. The average Bonchev–Trinajstić information content (AvgIpc) is 2.90. The molecule has 1 N–H and O–H groups in total. The SMILES string of the molecule is CC[C@@H](C)NCc1ccccc1OC1CCCC1. The van der Waals surface area contributed by atoms with E-state index in [1.165, 1.54) is 31.2 Å². The quantitative estimate of drug-likeness (QED) is 0.823. The zero-order valence-electron chi connectivity index (χ0n) is 11.6. The van der Waals surface area contributed by atoms with Crippen molar-refractivity contribution in [2.75, 3.05) is 0 Å². The minimum Gasteiger partial charge on any atom is -0.490 e. The van der Waals surface area contributed by atoms with Crippen molar-refractivity contribution in [3.05, 3.63) is 29.8 Å². The Bertz CT molecular complexity index is 358. The van der Waals surface area contributed by atoms with Crippen molar-refractivity contribution >= 4 is 0 Å². The highest BCUT2D eigenvalue weighted by Crippen LogP contribution is 2.26. The summed E-state index contributed by atoms with van der Waals surface area (Å²) in [5, 5.41) is 3.53. The summed E-state index contributed by atoms with van der Waals surface area (Å²) in [6.45, 7) is 5.33.